The van der Waals surface area contributed by atoms with Crippen molar-refractivity contribution in [2.45, 2.75) is 0 Å². The number of carbonyl (C=O) groups is 2. The molecule has 2 N–H and O–H groups in total. The van der Waals surface area contributed by atoms with Gasteiger partial charge in [-0.1, -0.05) is 0 Å². The molecule has 0 rings (SSSR count). The van der Waals surface area contributed by atoms with Crippen LogP contribution in [0.5, 0.6) is 0 Å². The van der Waals surface area contributed by atoms with Gasteiger partial charge in [-0.05, 0) is 0 Å². The third-order valence-electron chi connectivity index (χ3n) is 0.183. The van der Waals surface area contributed by atoms with Crippen LogP contribution in [-0.4, -0.2) is 22.2 Å². The van der Waals surface area contributed by atoms with E-state index in [1.807, 2.05) is 0 Å². The minimum Gasteiger partial charge on any atom is -0.473 e. The molecule has 0 aliphatic rings. The molecule has 7 heavy (non-hydrogen) atoms. The maximum absolute atomic E-state index is 9.10. The largest absolute Gasteiger partial charge is 0.473 e. The zero-order valence-corrected chi connectivity index (χ0v) is 5.51. The number of aliphatic carboxylic acids is 2. The van der Waals surface area contributed by atoms with Crippen LogP contribution in [0.3, 0.4) is 0 Å². The summed E-state index contributed by atoms with van der Waals surface area (Å²) >= 11 is 0. The van der Waals surface area contributed by atoms with Gasteiger partial charge in [0.2, 0.25) is 0 Å². The summed E-state index contributed by atoms with van der Waals surface area (Å²) < 4.78 is 0. The predicted molar refractivity (Wildman–Crippen MR) is 15.3 cm³/mol. The van der Waals surface area contributed by atoms with E-state index in [0.717, 1.165) is 0 Å². The summed E-state index contributed by atoms with van der Waals surface area (Å²) in [6, 6.07) is 0. The second-order valence-electron chi connectivity index (χ2n) is 0.610. The Kier molecular flexibility index (Phi) is 7.01. The van der Waals surface area contributed by atoms with E-state index >= 15 is 0 Å². The number of rotatable bonds is 0. The first-order valence-corrected chi connectivity index (χ1v) is 1.11. The minimum atomic E-state index is -1.82. The first-order chi connectivity index (χ1) is 2.64. The van der Waals surface area contributed by atoms with Crippen molar-refractivity contribution in [3.63, 3.8) is 0 Å². The van der Waals surface area contributed by atoms with Crippen LogP contribution >= 0.6 is 0 Å². The first kappa shape index (κ1) is 10.5. The summed E-state index contributed by atoms with van der Waals surface area (Å²) in [7, 11) is 0. The van der Waals surface area contributed by atoms with Crippen molar-refractivity contribution in [3.8, 4) is 0 Å². The van der Waals surface area contributed by atoms with Gasteiger partial charge in [-0.15, -0.1) is 0 Å². The van der Waals surface area contributed by atoms with Gasteiger partial charge in [-0.2, -0.15) is 0 Å². The van der Waals surface area contributed by atoms with E-state index < -0.39 is 11.9 Å². The van der Waals surface area contributed by atoms with Crippen LogP contribution in [-0.2, 0) is 9.59 Å². The average Bonchev–Trinajstić information content (AvgIpc) is 1.36. The molecular weight excluding hydrogens is 240 g/mol. The van der Waals surface area contributed by atoms with Crippen LogP contribution in [0.25, 0.3) is 0 Å². The summed E-state index contributed by atoms with van der Waals surface area (Å²) in [6.07, 6.45) is 0. The summed E-state index contributed by atoms with van der Waals surface area (Å²) in [6.45, 7) is 0. The zero-order chi connectivity index (χ0) is 5.15. The molecular formula is C2H2EuO4. The third-order valence-corrected chi connectivity index (χ3v) is 0.183. The number of carboxylic acids is 2. The average molecular weight is 242 g/mol. The van der Waals surface area contributed by atoms with Gasteiger partial charge < -0.3 is 10.2 Å². The molecule has 0 aliphatic heterocycles. The van der Waals surface area contributed by atoms with Crippen LogP contribution < -0.4 is 0 Å². The van der Waals surface area contributed by atoms with Crippen molar-refractivity contribution in [1.29, 1.82) is 0 Å². The smallest absolute Gasteiger partial charge is 0.414 e. The van der Waals surface area contributed by atoms with Gasteiger partial charge >= 0.3 is 11.9 Å². The summed E-state index contributed by atoms with van der Waals surface area (Å²) in [5.41, 5.74) is 0. The fourth-order valence-electron chi connectivity index (χ4n) is 0. The molecule has 0 saturated heterocycles. The second kappa shape index (κ2) is 4.68. The maximum Gasteiger partial charge on any atom is 0.414 e. The second-order valence-corrected chi connectivity index (χ2v) is 0.610. The third kappa shape index (κ3) is 6.52. The van der Waals surface area contributed by atoms with E-state index in [4.69, 9.17) is 19.8 Å². The van der Waals surface area contributed by atoms with Crippen LogP contribution in [0.4, 0.5) is 0 Å². The topological polar surface area (TPSA) is 74.6 Å². The molecule has 0 atom stereocenters. The summed E-state index contributed by atoms with van der Waals surface area (Å²) in [4.78, 5) is 18.2. The van der Waals surface area contributed by atoms with Crippen molar-refractivity contribution in [2.75, 3.05) is 0 Å². The van der Waals surface area contributed by atoms with Crippen molar-refractivity contribution in [1.82, 2.24) is 0 Å². The first-order valence-electron chi connectivity index (χ1n) is 1.11. The molecule has 4 nitrogen and oxygen atoms in total. The Balaban J connectivity index is 0. The molecule has 0 unspecified atom stereocenters. The fourth-order valence-corrected chi connectivity index (χ4v) is 0. The summed E-state index contributed by atoms with van der Waals surface area (Å²) in [5, 5.41) is 14.8. The quantitative estimate of drug-likeness (QED) is 0.543. The van der Waals surface area contributed by atoms with E-state index in [9.17, 15) is 0 Å². The van der Waals surface area contributed by atoms with Crippen molar-refractivity contribution in [2.24, 2.45) is 0 Å². The molecule has 1 radical (unpaired) electrons. The van der Waals surface area contributed by atoms with Gasteiger partial charge in [-0.25, -0.2) is 9.59 Å². The predicted octanol–water partition coefficient (Wildman–Crippen LogP) is -0.844. The number of hydrogen-bond acceptors (Lipinski definition) is 2. The Morgan fingerprint density at radius 3 is 1.14 bits per heavy atom. The van der Waals surface area contributed by atoms with E-state index in [1.165, 1.54) is 0 Å². The standard InChI is InChI=1S/C2H2O4.Eu/c3-1(4)2(5)6;/h(H,3,4)(H,5,6);. The summed E-state index contributed by atoms with van der Waals surface area (Å²) in [5.74, 6) is -3.65. The molecule has 0 bridgehead atoms. The van der Waals surface area contributed by atoms with E-state index in [0.29, 0.717) is 0 Å². The molecule has 5 heteroatoms. The SMILES string of the molecule is O=C(O)C(=O)O.[Eu]. The van der Waals surface area contributed by atoms with Gasteiger partial charge in [0.05, 0.1) is 0 Å². The maximum atomic E-state index is 9.10. The van der Waals surface area contributed by atoms with E-state index in [1.54, 1.807) is 0 Å². The molecule has 0 heterocycles. The fraction of sp³-hybridized carbons (Fsp3) is 0. The normalized spacial score (nSPS) is 6.29. The van der Waals surface area contributed by atoms with E-state index in [2.05, 4.69) is 0 Å². The van der Waals surface area contributed by atoms with Crippen LogP contribution in [0.2, 0.25) is 0 Å². The Labute approximate surface area is 80.1 Å². The minimum absolute atomic E-state index is 0. The van der Waals surface area contributed by atoms with Gasteiger partial charge in [0, 0.05) is 49.4 Å². The number of hydrogen-bond donors (Lipinski definition) is 2. The monoisotopic (exact) mass is 243 g/mol. The molecule has 0 saturated carbocycles. The van der Waals surface area contributed by atoms with Gasteiger partial charge in [0.25, 0.3) is 0 Å². The Hall–Kier alpha value is 0.524. The van der Waals surface area contributed by atoms with Gasteiger partial charge in [-0.3, -0.25) is 0 Å². The van der Waals surface area contributed by atoms with Crippen LogP contribution in [0, 0.1) is 49.4 Å². The van der Waals surface area contributed by atoms with E-state index in [-0.39, 0.29) is 49.4 Å². The van der Waals surface area contributed by atoms with Crippen molar-refractivity contribution >= 4 is 11.9 Å². The van der Waals surface area contributed by atoms with Gasteiger partial charge in [0.15, 0.2) is 0 Å². The molecule has 0 aliphatic carbocycles. The molecule has 0 fully saturated rings. The molecule has 41 valence electrons. The Bertz CT molecular complexity index is 75.7. The van der Waals surface area contributed by atoms with Gasteiger partial charge in [0.1, 0.15) is 0 Å². The van der Waals surface area contributed by atoms with Crippen molar-refractivity contribution in [3.05, 3.63) is 0 Å². The molecule has 0 spiro atoms. The van der Waals surface area contributed by atoms with Crippen LogP contribution in [0.1, 0.15) is 0 Å². The zero-order valence-electron chi connectivity index (χ0n) is 3.09. The molecule has 0 aromatic carbocycles. The Morgan fingerprint density at radius 2 is 1.14 bits per heavy atom. The Morgan fingerprint density at radius 1 is 1.00 bits per heavy atom. The molecule has 0 aromatic rings. The molecule has 0 amide bonds. The van der Waals surface area contributed by atoms with Crippen LogP contribution in [0.15, 0.2) is 0 Å². The van der Waals surface area contributed by atoms with Crippen molar-refractivity contribution < 1.29 is 69.2 Å². The number of carboxylic acid groups (broad SMARTS) is 2. The molecule has 0 aromatic heterocycles.